The number of benzene rings is 2. The molecule has 0 unspecified atom stereocenters. The van der Waals surface area contributed by atoms with Gasteiger partial charge in [0.1, 0.15) is 17.2 Å². The maximum Gasteiger partial charge on any atom is 0.123 e. The van der Waals surface area contributed by atoms with Gasteiger partial charge in [-0.25, -0.2) is 8.78 Å². The van der Waals surface area contributed by atoms with Gasteiger partial charge < -0.3 is 5.11 Å². The molecule has 0 bridgehead atoms. The van der Waals surface area contributed by atoms with E-state index >= 15 is 0 Å². The first kappa shape index (κ1) is 11.7. The van der Waals surface area contributed by atoms with Gasteiger partial charge in [0.2, 0.25) is 0 Å². The predicted octanol–water partition coefficient (Wildman–Crippen LogP) is 3.22. The second-order valence-corrected chi connectivity index (χ2v) is 4.09. The maximum absolute atomic E-state index is 13.1. The molecule has 0 fully saturated rings. The molecule has 1 N–H and O–H groups in total. The van der Waals surface area contributed by atoms with Crippen LogP contribution in [-0.4, -0.2) is 5.11 Å². The van der Waals surface area contributed by atoms with E-state index in [0.29, 0.717) is 11.1 Å². The van der Waals surface area contributed by atoms with E-state index in [-0.39, 0.29) is 0 Å². The van der Waals surface area contributed by atoms with Crippen LogP contribution in [0.5, 0.6) is 0 Å². The molecule has 0 spiro atoms. The molecule has 0 amide bonds. The molecule has 88 valence electrons. The van der Waals surface area contributed by atoms with Gasteiger partial charge in [-0.15, -0.1) is 0 Å². The minimum atomic E-state index is -1.41. The molecule has 0 atom stereocenters. The summed E-state index contributed by atoms with van der Waals surface area (Å²) in [6.45, 7) is 1.51. The van der Waals surface area contributed by atoms with Crippen molar-refractivity contribution in [3.63, 3.8) is 0 Å². The van der Waals surface area contributed by atoms with Crippen LogP contribution in [0.4, 0.5) is 8.78 Å². The van der Waals surface area contributed by atoms with Crippen molar-refractivity contribution >= 4 is 0 Å². The summed E-state index contributed by atoms with van der Waals surface area (Å²) in [5, 5.41) is 10.4. The number of aliphatic hydroxyl groups is 1. The molecule has 0 radical (unpaired) electrons. The zero-order valence-electron chi connectivity index (χ0n) is 9.32. The lowest BCUT2D eigenvalue weighted by molar-refractivity contribution is 0.101. The Morgan fingerprint density at radius 3 is 1.65 bits per heavy atom. The Hall–Kier alpha value is -1.74. The van der Waals surface area contributed by atoms with E-state index in [0.717, 1.165) is 0 Å². The number of rotatable bonds is 2. The Kier molecular flexibility index (Phi) is 2.94. The molecule has 0 heterocycles. The smallest absolute Gasteiger partial charge is 0.123 e. The molecule has 0 saturated heterocycles. The third-order valence-corrected chi connectivity index (χ3v) is 2.77. The van der Waals surface area contributed by atoms with Crippen LogP contribution in [0.2, 0.25) is 0 Å². The van der Waals surface area contributed by atoms with Crippen LogP contribution in [0.3, 0.4) is 0 Å². The van der Waals surface area contributed by atoms with Gasteiger partial charge in [0.15, 0.2) is 0 Å². The topological polar surface area (TPSA) is 20.2 Å². The monoisotopic (exact) mass is 234 g/mol. The summed E-state index contributed by atoms with van der Waals surface area (Å²) < 4.78 is 26.2. The average Bonchev–Trinajstić information content (AvgIpc) is 2.29. The van der Waals surface area contributed by atoms with E-state index in [2.05, 4.69) is 0 Å². The van der Waals surface area contributed by atoms with E-state index in [1.165, 1.54) is 43.3 Å². The van der Waals surface area contributed by atoms with Crippen molar-refractivity contribution in [1.29, 1.82) is 0 Å². The van der Waals surface area contributed by atoms with Gasteiger partial charge in [-0.05, 0) is 42.3 Å². The largest absolute Gasteiger partial charge is 0.381 e. The first-order valence-electron chi connectivity index (χ1n) is 5.24. The lowest BCUT2D eigenvalue weighted by atomic mass is 9.88. The van der Waals surface area contributed by atoms with Crippen molar-refractivity contribution in [2.75, 3.05) is 0 Å². The summed E-state index contributed by atoms with van der Waals surface area (Å²) in [5.74, 6) is -0.863. The van der Waals surface area contributed by atoms with Crippen molar-refractivity contribution in [1.82, 2.24) is 0 Å². The summed E-state index contributed by atoms with van der Waals surface area (Å²) in [6, 6.07) is 11.3. The molecule has 17 heavy (non-hydrogen) atoms. The maximum atomic E-state index is 13.1. The summed E-state index contributed by atoms with van der Waals surface area (Å²) >= 11 is 0. The summed E-state index contributed by atoms with van der Waals surface area (Å²) in [4.78, 5) is 0. The van der Waals surface area contributed by atoms with Crippen molar-refractivity contribution < 1.29 is 13.9 Å². The highest BCUT2D eigenvalue weighted by atomic mass is 19.1. The van der Waals surface area contributed by atoms with Crippen LogP contribution in [-0.2, 0) is 5.60 Å². The summed E-state index contributed by atoms with van der Waals surface area (Å²) in [5.41, 5.74) is -0.629. The van der Waals surface area contributed by atoms with Crippen LogP contribution in [0.25, 0.3) is 0 Å². The first-order chi connectivity index (χ1) is 8.00. The molecule has 0 aliphatic rings. The van der Waals surface area contributed by atoms with Crippen LogP contribution in [0.1, 0.15) is 18.1 Å². The quantitative estimate of drug-likeness (QED) is 0.845. The predicted molar refractivity (Wildman–Crippen MR) is 61.5 cm³/mol. The van der Waals surface area contributed by atoms with Crippen molar-refractivity contribution in [3.05, 3.63) is 71.3 Å². The minimum absolute atomic E-state index is 0.392. The van der Waals surface area contributed by atoms with E-state index in [4.69, 9.17) is 0 Å². The molecule has 0 aliphatic carbocycles. The van der Waals surface area contributed by atoms with Gasteiger partial charge in [-0.1, -0.05) is 24.3 Å². The highest BCUT2D eigenvalue weighted by Crippen LogP contribution is 2.29. The molecule has 1 nitrogen and oxygen atoms in total. The molecule has 3 heteroatoms. The minimum Gasteiger partial charge on any atom is -0.381 e. The lowest BCUT2D eigenvalue weighted by Crippen LogP contribution is -2.23. The van der Waals surface area contributed by atoms with E-state index in [1.54, 1.807) is 12.1 Å². The van der Waals surface area contributed by atoms with E-state index in [1.807, 2.05) is 0 Å². The second kappa shape index (κ2) is 4.26. The van der Waals surface area contributed by atoms with Gasteiger partial charge in [0.05, 0.1) is 0 Å². The fraction of sp³-hybridized carbons (Fsp3) is 0.143. The van der Waals surface area contributed by atoms with Crippen LogP contribution in [0, 0.1) is 11.6 Å². The van der Waals surface area contributed by atoms with Gasteiger partial charge >= 0.3 is 0 Å². The highest BCUT2D eigenvalue weighted by molar-refractivity contribution is 5.35. The molecule has 0 aliphatic heterocycles. The summed E-state index contributed by atoms with van der Waals surface area (Å²) in [6.07, 6.45) is 0. The molecule has 0 aromatic heterocycles. The van der Waals surface area contributed by atoms with Gasteiger partial charge in [0.25, 0.3) is 0 Å². The SMILES string of the molecule is CC(O)(c1cccc(F)c1)c1cccc(F)c1. The Balaban J connectivity index is 2.49. The molecule has 2 aromatic carbocycles. The molecular weight excluding hydrogens is 222 g/mol. The Labute approximate surface area is 98.3 Å². The van der Waals surface area contributed by atoms with E-state index < -0.39 is 17.2 Å². The first-order valence-corrected chi connectivity index (χ1v) is 5.24. The standard InChI is InChI=1S/C14H12F2O/c1-14(17,10-4-2-6-12(15)8-10)11-5-3-7-13(16)9-11/h2-9,17H,1H3. The van der Waals surface area contributed by atoms with Crippen LogP contribution < -0.4 is 0 Å². The van der Waals surface area contributed by atoms with Gasteiger partial charge in [0, 0.05) is 0 Å². The van der Waals surface area contributed by atoms with Gasteiger partial charge in [-0.3, -0.25) is 0 Å². The second-order valence-electron chi connectivity index (χ2n) is 4.09. The summed E-state index contributed by atoms with van der Waals surface area (Å²) in [7, 11) is 0. The molecule has 2 rings (SSSR count). The number of halogens is 2. The normalized spacial score (nSPS) is 11.5. The van der Waals surface area contributed by atoms with Gasteiger partial charge in [-0.2, -0.15) is 0 Å². The fourth-order valence-electron chi connectivity index (χ4n) is 1.75. The highest BCUT2D eigenvalue weighted by Gasteiger charge is 2.26. The zero-order chi connectivity index (χ0) is 12.5. The Morgan fingerprint density at radius 2 is 1.29 bits per heavy atom. The number of hydrogen-bond donors (Lipinski definition) is 1. The number of hydrogen-bond acceptors (Lipinski definition) is 1. The zero-order valence-corrected chi connectivity index (χ0v) is 9.32. The Morgan fingerprint density at radius 1 is 0.882 bits per heavy atom. The van der Waals surface area contributed by atoms with E-state index in [9.17, 15) is 13.9 Å². The van der Waals surface area contributed by atoms with Crippen LogP contribution >= 0.6 is 0 Å². The average molecular weight is 234 g/mol. The molecule has 2 aromatic rings. The lowest BCUT2D eigenvalue weighted by Gasteiger charge is -2.24. The third-order valence-electron chi connectivity index (χ3n) is 2.77. The van der Waals surface area contributed by atoms with Crippen molar-refractivity contribution in [2.24, 2.45) is 0 Å². The Bertz CT molecular complexity index is 488. The van der Waals surface area contributed by atoms with Crippen molar-refractivity contribution in [3.8, 4) is 0 Å². The molecule has 0 saturated carbocycles. The molecular formula is C14H12F2O. The fourth-order valence-corrected chi connectivity index (χ4v) is 1.75. The van der Waals surface area contributed by atoms with Crippen LogP contribution in [0.15, 0.2) is 48.5 Å². The third kappa shape index (κ3) is 2.34. The van der Waals surface area contributed by atoms with Crippen molar-refractivity contribution in [2.45, 2.75) is 12.5 Å².